The molecule has 0 atom stereocenters. The van der Waals surface area contributed by atoms with Gasteiger partial charge < -0.3 is 4.90 Å². The largest absolute Gasteiger partial charge is 0.303 e. The van der Waals surface area contributed by atoms with E-state index in [1.165, 1.54) is 18.5 Å². The average Bonchev–Trinajstić information content (AvgIpc) is 2.28. The molecule has 0 saturated heterocycles. The molecule has 102 valence electrons. The minimum atomic E-state index is -3.58. The summed E-state index contributed by atoms with van der Waals surface area (Å²) in [6, 6.07) is 1.83. The van der Waals surface area contributed by atoms with Crippen LogP contribution >= 0.6 is 11.6 Å². The van der Waals surface area contributed by atoms with Gasteiger partial charge in [0.2, 0.25) is 10.0 Å². The number of aromatic nitrogens is 1. The number of nitrogens with one attached hydrogen (secondary N) is 1. The van der Waals surface area contributed by atoms with E-state index in [0.29, 0.717) is 19.1 Å². The zero-order valence-corrected chi connectivity index (χ0v) is 12.3. The van der Waals surface area contributed by atoms with E-state index in [4.69, 9.17) is 11.6 Å². The maximum Gasteiger partial charge on any atom is 0.243 e. The van der Waals surface area contributed by atoms with Crippen LogP contribution in [0.1, 0.15) is 13.8 Å². The molecule has 0 radical (unpaired) electrons. The van der Waals surface area contributed by atoms with Gasteiger partial charge in [0.05, 0.1) is 5.02 Å². The first-order valence-corrected chi connectivity index (χ1v) is 7.50. The lowest BCUT2D eigenvalue weighted by molar-refractivity contribution is 0.278. The number of nitrogens with zero attached hydrogens (tertiary/aromatic N) is 2. The molecule has 0 spiro atoms. The van der Waals surface area contributed by atoms with Crippen LogP contribution in [0.5, 0.6) is 0 Å². The van der Waals surface area contributed by atoms with Crippen LogP contribution in [0.3, 0.4) is 0 Å². The predicted octanol–water partition coefficient (Wildman–Crippen LogP) is 1.35. The Morgan fingerprint density at radius 1 is 1.50 bits per heavy atom. The van der Waals surface area contributed by atoms with Gasteiger partial charge in [-0.05, 0) is 27.0 Å². The lowest BCUT2D eigenvalue weighted by atomic mass is 10.3. The molecule has 0 aromatic carbocycles. The monoisotopic (exact) mass is 291 g/mol. The van der Waals surface area contributed by atoms with E-state index in [0.717, 1.165) is 0 Å². The van der Waals surface area contributed by atoms with Crippen LogP contribution in [0.25, 0.3) is 0 Å². The van der Waals surface area contributed by atoms with Crippen molar-refractivity contribution >= 4 is 21.6 Å². The zero-order valence-electron chi connectivity index (χ0n) is 10.7. The third-order valence-electron chi connectivity index (χ3n) is 2.66. The molecule has 18 heavy (non-hydrogen) atoms. The lowest BCUT2D eigenvalue weighted by Crippen LogP contribution is -2.36. The third-order valence-corrected chi connectivity index (χ3v) is 4.59. The minimum absolute atomic E-state index is 0.0128. The van der Waals surface area contributed by atoms with Crippen molar-refractivity contribution in [3.8, 4) is 0 Å². The summed E-state index contributed by atoms with van der Waals surface area (Å²) in [7, 11) is -1.64. The standard InChI is InChI=1S/C11H18ClN3O2S/c1-9(2)15(3)7-6-14-18(16,17)11-8-13-5-4-10(11)12/h4-5,8-9,14H,6-7H2,1-3H3. The Kier molecular flexibility index (Phi) is 5.52. The summed E-state index contributed by atoms with van der Waals surface area (Å²) in [6.45, 7) is 5.07. The van der Waals surface area contributed by atoms with Crippen molar-refractivity contribution in [3.63, 3.8) is 0 Å². The average molecular weight is 292 g/mol. The summed E-state index contributed by atoms with van der Waals surface area (Å²) in [6.07, 6.45) is 2.70. The van der Waals surface area contributed by atoms with Gasteiger partial charge in [-0.25, -0.2) is 13.1 Å². The number of hydrogen-bond donors (Lipinski definition) is 1. The van der Waals surface area contributed by atoms with Crippen molar-refractivity contribution in [1.29, 1.82) is 0 Å². The molecule has 0 bridgehead atoms. The molecule has 1 aromatic rings. The number of hydrogen-bond acceptors (Lipinski definition) is 4. The Bertz CT molecular complexity index is 491. The highest BCUT2D eigenvalue weighted by Gasteiger charge is 2.17. The van der Waals surface area contributed by atoms with Gasteiger partial charge in [-0.2, -0.15) is 0 Å². The second kappa shape index (κ2) is 6.47. The second-order valence-electron chi connectivity index (χ2n) is 4.28. The molecule has 1 rings (SSSR count). The van der Waals surface area contributed by atoms with E-state index < -0.39 is 10.0 Å². The first-order valence-electron chi connectivity index (χ1n) is 5.64. The Hall–Kier alpha value is -0.690. The van der Waals surface area contributed by atoms with Gasteiger partial charge in [-0.3, -0.25) is 4.98 Å². The Morgan fingerprint density at radius 3 is 2.72 bits per heavy atom. The number of sulfonamides is 1. The van der Waals surface area contributed by atoms with Crippen molar-refractivity contribution in [2.75, 3.05) is 20.1 Å². The molecule has 0 aliphatic carbocycles. The van der Waals surface area contributed by atoms with E-state index in [1.54, 1.807) is 0 Å². The molecular weight excluding hydrogens is 274 g/mol. The highest BCUT2D eigenvalue weighted by Crippen LogP contribution is 2.18. The van der Waals surface area contributed by atoms with Crippen molar-refractivity contribution < 1.29 is 8.42 Å². The smallest absolute Gasteiger partial charge is 0.243 e. The number of rotatable bonds is 6. The van der Waals surface area contributed by atoms with Crippen molar-refractivity contribution in [2.24, 2.45) is 0 Å². The van der Waals surface area contributed by atoms with Gasteiger partial charge in [0, 0.05) is 31.5 Å². The van der Waals surface area contributed by atoms with E-state index in [9.17, 15) is 8.42 Å². The summed E-state index contributed by atoms with van der Waals surface area (Å²) in [5.74, 6) is 0. The van der Waals surface area contributed by atoms with Gasteiger partial charge in [-0.15, -0.1) is 0 Å². The first kappa shape index (κ1) is 15.4. The van der Waals surface area contributed by atoms with Gasteiger partial charge in [0.25, 0.3) is 0 Å². The molecule has 0 aliphatic rings. The van der Waals surface area contributed by atoms with Crippen molar-refractivity contribution in [1.82, 2.24) is 14.6 Å². The quantitative estimate of drug-likeness (QED) is 0.859. The lowest BCUT2D eigenvalue weighted by Gasteiger charge is -2.20. The fourth-order valence-electron chi connectivity index (χ4n) is 1.25. The Balaban J connectivity index is 2.64. The third kappa shape index (κ3) is 4.20. The highest BCUT2D eigenvalue weighted by atomic mass is 35.5. The molecule has 5 nitrogen and oxygen atoms in total. The van der Waals surface area contributed by atoms with Crippen LogP contribution in [0.4, 0.5) is 0 Å². The van der Waals surface area contributed by atoms with Crippen molar-refractivity contribution in [3.05, 3.63) is 23.5 Å². The molecule has 1 heterocycles. The maximum atomic E-state index is 12.0. The van der Waals surface area contributed by atoms with E-state index in [-0.39, 0.29) is 9.92 Å². The van der Waals surface area contributed by atoms with Crippen LogP contribution in [0.2, 0.25) is 5.02 Å². The first-order chi connectivity index (χ1) is 8.34. The Morgan fingerprint density at radius 2 is 2.17 bits per heavy atom. The molecule has 1 N–H and O–H groups in total. The molecular formula is C11H18ClN3O2S. The topological polar surface area (TPSA) is 62.3 Å². The summed E-state index contributed by atoms with van der Waals surface area (Å²) in [5, 5.41) is 0.176. The van der Waals surface area contributed by atoms with Crippen LogP contribution in [-0.2, 0) is 10.0 Å². The van der Waals surface area contributed by atoms with Crippen LogP contribution in [-0.4, -0.2) is 44.5 Å². The van der Waals surface area contributed by atoms with Crippen LogP contribution in [0, 0.1) is 0 Å². The molecule has 1 aromatic heterocycles. The summed E-state index contributed by atoms with van der Waals surface area (Å²) in [5.41, 5.74) is 0. The zero-order chi connectivity index (χ0) is 13.8. The number of likely N-dealkylation sites (N-methyl/N-ethyl adjacent to an activating group) is 1. The van der Waals surface area contributed by atoms with Crippen LogP contribution < -0.4 is 4.72 Å². The Labute approximate surface area is 113 Å². The van der Waals surface area contributed by atoms with E-state index in [1.807, 2.05) is 25.8 Å². The van der Waals surface area contributed by atoms with Gasteiger partial charge in [-0.1, -0.05) is 11.6 Å². The normalized spacial score (nSPS) is 12.3. The number of pyridine rings is 1. The predicted molar refractivity (Wildman–Crippen MR) is 72.2 cm³/mol. The van der Waals surface area contributed by atoms with Gasteiger partial charge >= 0.3 is 0 Å². The van der Waals surface area contributed by atoms with Crippen LogP contribution in [0.15, 0.2) is 23.4 Å². The fraction of sp³-hybridized carbons (Fsp3) is 0.545. The fourth-order valence-corrected chi connectivity index (χ4v) is 2.70. The summed E-state index contributed by atoms with van der Waals surface area (Å²) < 4.78 is 26.4. The van der Waals surface area contributed by atoms with E-state index >= 15 is 0 Å². The van der Waals surface area contributed by atoms with E-state index in [2.05, 4.69) is 9.71 Å². The van der Waals surface area contributed by atoms with Gasteiger partial charge in [0.15, 0.2) is 0 Å². The minimum Gasteiger partial charge on any atom is -0.303 e. The molecule has 0 aliphatic heterocycles. The molecule has 7 heteroatoms. The molecule has 0 unspecified atom stereocenters. The maximum absolute atomic E-state index is 12.0. The molecule has 0 amide bonds. The summed E-state index contributed by atoms with van der Waals surface area (Å²) >= 11 is 5.83. The SMILES string of the molecule is CC(C)N(C)CCNS(=O)(=O)c1cnccc1Cl. The van der Waals surface area contributed by atoms with Crippen molar-refractivity contribution in [2.45, 2.75) is 24.8 Å². The van der Waals surface area contributed by atoms with Gasteiger partial charge in [0.1, 0.15) is 4.90 Å². The summed E-state index contributed by atoms with van der Waals surface area (Å²) in [4.78, 5) is 5.83. The second-order valence-corrected chi connectivity index (χ2v) is 6.42. The molecule has 0 saturated carbocycles. The highest BCUT2D eigenvalue weighted by molar-refractivity contribution is 7.89. The molecule has 0 fully saturated rings. The number of halogens is 1.